The molecule has 1 spiro atoms. The van der Waals surface area contributed by atoms with Gasteiger partial charge in [-0.05, 0) is 92.8 Å². The van der Waals surface area contributed by atoms with Crippen molar-refractivity contribution < 1.29 is 5.11 Å². The van der Waals surface area contributed by atoms with Gasteiger partial charge in [0.2, 0.25) is 0 Å². The lowest BCUT2D eigenvalue weighted by molar-refractivity contribution is 0.164. The second kappa shape index (κ2) is 13.4. The first-order valence-corrected chi connectivity index (χ1v) is 16.6. The fourth-order valence-corrected chi connectivity index (χ4v) is 8.38. The maximum absolute atomic E-state index is 13.2. The highest BCUT2D eigenvalue weighted by atomic mass is 35.5. The minimum atomic E-state index is -0.185. The molecule has 1 aromatic heterocycles. The first-order chi connectivity index (χ1) is 20.1. The molecule has 0 unspecified atom stereocenters. The molecular weight excluding hydrogens is 530 g/mol. The monoisotopic (exact) mass is 577 g/mol. The largest absolute Gasteiger partial charge is 0.400 e. The van der Waals surface area contributed by atoms with Crippen LogP contribution >= 0.6 is 11.6 Å². The Balaban J connectivity index is 0.000000810. The van der Waals surface area contributed by atoms with Crippen molar-refractivity contribution in [3.05, 3.63) is 68.7 Å². The summed E-state index contributed by atoms with van der Waals surface area (Å²) in [5.74, 6) is 2.49. The predicted octanol–water partition coefficient (Wildman–Crippen LogP) is 8.00. The SMILES string of the molecule is CC.CO.O=c1nc2n(c3cccc(Cl)c13)-c1ccc(C3CCN(CC4CCCCC4)CC3)cc1C21CCCCC1. The molecule has 3 fully saturated rings. The van der Waals surface area contributed by atoms with E-state index in [-0.39, 0.29) is 11.0 Å². The van der Waals surface area contributed by atoms with E-state index >= 15 is 0 Å². The van der Waals surface area contributed by atoms with E-state index in [9.17, 15) is 4.79 Å². The lowest BCUT2D eigenvalue weighted by Gasteiger charge is -2.36. The molecule has 0 atom stereocenters. The van der Waals surface area contributed by atoms with Crippen LogP contribution in [0.3, 0.4) is 0 Å². The van der Waals surface area contributed by atoms with Crippen molar-refractivity contribution in [2.45, 2.75) is 102 Å². The van der Waals surface area contributed by atoms with Gasteiger partial charge in [-0.3, -0.25) is 9.36 Å². The predicted molar refractivity (Wildman–Crippen MR) is 171 cm³/mol. The third-order valence-corrected chi connectivity index (χ3v) is 10.4. The van der Waals surface area contributed by atoms with Crippen LogP contribution in [0.2, 0.25) is 5.02 Å². The summed E-state index contributed by atoms with van der Waals surface area (Å²) in [5.41, 5.74) is 4.65. The summed E-state index contributed by atoms with van der Waals surface area (Å²) < 4.78 is 2.26. The second-order valence-electron chi connectivity index (χ2n) is 12.2. The molecule has 0 radical (unpaired) electrons. The Morgan fingerprint density at radius 2 is 1.61 bits per heavy atom. The fraction of sp³-hybridized carbons (Fsp3) is 0.600. The maximum atomic E-state index is 13.2. The smallest absolute Gasteiger partial charge is 0.282 e. The molecule has 4 aliphatic rings. The number of halogens is 1. The molecule has 3 heterocycles. The van der Waals surface area contributed by atoms with Crippen LogP contribution in [0.15, 0.2) is 41.2 Å². The molecule has 5 nitrogen and oxygen atoms in total. The highest BCUT2D eigenvalue weighted by Crippen LogP contribution is 2.52. The Hall–Kier alpha value is -2.21. The van der Waals surface area contributed by atoms with Crippen LogP contribution in [0.1, 0.15) is 114 Å². The van der Waals surface area contributed by atoms with E-state index in [1.54, 1.807) is 6.07 Å². The van der Waals surface area contributed by atoms with Crippen molar-refractivity contribution in [2.24, 2.45) is 5.92 Å². The van der Waals surface area contributed by atoms with Gasteiger partial charge in [0.25, 0.3) is 5.56 Å². The van der Waals surface area contributed by atoms with Gasteiger partial charge in [-0.25, -0.2) is 0 Å². The first kappa shape index (κ1) is 30.3. The third-order valence-electron chi connectivity index (χ3n) is 10.1. The first-order valence-electron chi connectivity index (χ1n) is 16.2. The van der Waals surface area contributed by atoms with Crippen LogP contribution < -0.4 is 5.56 Å². The normalized spacial score (nSPS) is 20.5. The lowest BCUT2D eigenvalue weighted by Crippen LogP contribution is -2.37. The highest BCUT2D eigenvalue weighted by molar-refractivity contribution is 6.35. The number of nitrogens with zero attached hydrogens (tertiary/aromatic N) is 3. The molecule has 6 heteroatoms. The zero-order valence-corrected chi connectivity index (χ0v) is 26.1. The van der Waals surface area contributed by atoms with Gasteiger partial charge in [-0.15, -0.1) is 0 Å². The topological polar surface area (TPSA) is 58.4 Å². The number of rotatable bonds is 3. The molecule has 222 valence electrons. The Bertz CT molecular complexity index is 1380. The molecule has 1 saturated heterocycles. The van der Waals surface area contributed by atoms with E-state index in [4.69, 9.17) is 21.7 Å². The maximum Gasteiger partial charge on any atom is 0.282 e. The van der Waals surface area contributed by atoms with E-state index < -0.39 is 0 Å². The van der Waals surface area contributed by atoms with E-state index in [0.717, 1.165) is 37.2 Å². The number of aliphatic hydroxyl groups is 1. The van der Waals surface area contributed by atoms with Gasteiger partial charge in [-0.2, -0.15) is 4.98 Å². The number of benzene rings is 2. The molecule has 3 aromatic rings. The summed E-state index contributed by atoms with van der Waals surface area (Å²) in [6.07, 6.45) is 15.5. The van der Waals surface area contributed by atoms with Crippen molar-refractivity contribution in [3.8, 4) is 5.69 Å². The number of aromatic nitrogens is 2. The third kappa shape index (κ3) is 5.62. The number of piperidine rings is 1. The van der Waals surface area contributed by atoms with Crippen LogP contribution in [0.5, 0.6) is 0 Å². The van der Waals surface area contributed by atoms with Gasteiger partial charge in [-0.1, -0.05) is 82.2 Å². The summed E-state index contributed by atoms with van der Waals surface area (Å²) in [6.45, 7) is 7.76. The molecule has 7 rings (SSSR count). The Kier molecular flexibility index (Phi) is 9.89. The molecule has 0 bridgehead atoms. The van der Waals surface area contributed by atoms with Crippen LogP contribution in [-0.4, -0.2) is 46.3 Å². The zero-order valence-electron chi connectivity index (χ0n) is 25.3. The van der Waals surface area contributed by atoms with E-state index in [0.29, 0.717) is 16.3 Å². The summed E-state index contributed by atoms with van der Waals surface area (Å²) in [4.78, 5) is 20.7. The molecular formula is C35H48ClN3O2. The molecule has 1 N–H and O–H groups in total. The van der Waals surface area contributed by atoms with Gasteiger partial charge in [0.1, 0.15) is 5.82 Å². The number of fused-ring (bicyclic) bond motifs is 7. The Morgan fingerprint density at radius 3 is 2.32 bits per heavy atom. The number of aliphatic hydroxyl groups excluding tert-OH is 1. The average Bonchev–Trinajstić information content (AvgIpc) is 3.28. The summed E-state index contributed by atoms with van der Waals surface area (Å²) in [7, 11) is 1.00. The number of hydrogen-bond donors (Lipinski definition) is 1. The second-order valence-corrected chi connectivity index (χ2v) is 12.6. The van der Waals surface area contributed by atoms with E-state index in [2.05, 4.69) is 27.7 Å². The van der Waals surface area contributed by atoms with Crippen LogP contribution in [0.25, 0.3) is 16.6 Å². The van der Waals surface area contributed by atoms with Gasteiger partial charge in [0.15, 0.2) is 0 Å². The van der Waals surface area contributed by atoms with E-state index in [1.165, 1.54) is 101 Å². The van der Waals surface area contributed by atoms with Crippen LogP contribution in [0, 0.1) is 5.92 Å². The van der Waals surface area contributed by atoms with Crippen molar-refractivity contribution >= 4 is 22.5 Å². The van der Waals surface area contributed by atoms with Crippen molar-refractivity contribution in [2.75, 3.05) is 26.7 Å². The Morgan fingerprint density at radius 1 is 0.927 bits per heavy atom. The summed E-state index contributed by atoms with van der Waals surface area (Å²) in [6, 6.07) is 13.0. The van der Waals surface area contributed by atoms with Gasteiger partial charge in [0, 0.05) is 13.7 Å². The molecule has 2 aromatic carbocycles. The number of hydrogen-bond acceptors (Lipinski definition) is 4. The van der Waals surface area contributed by atoms with Crippen molar-refractivity contribution in [1.29, 1.82) is 0 Å². The highest BCUT2D eigenvalue weighted by Gasteiger charge is 2.46. The summed E-state index contributed by atoms with van der Waals surface area (Å²) in [5, 5.41) is 8.04. The average molecular weight is 578 g/mol. The standard InChI is InChI=1S/C32H38ClN3O.C2H6.CH4O/c33-26-10-7-11-28-29(26)30(37)34-31-32(16-5-2-6-17-32)25-20-24(12-13-27(25)36(28)31)23-14-18-35(19-15-23)21-22-8-3-1-4-9-22;2*1-2/h7,10-13,20,22-23H,1-6,8-9,14-19,21H2;1-2H3;2H,1H3. The Labute approximate surface area is 250 Å². The van der Waals surface area contributed by atoms with Crippen LogP contribution in [0.4, 0.5) is 0 Å². The van der Waals surface area contributed by atoms with Gasteiger partial charge >= 0.3 is 0 Å². The van der Waals surface area contributed by atoms with Crippen molar-refractivity contribution in [3.63, 3.8) is 0 Å². The van der Waals surface area contributed by atoms with Crippen molar-refractivity contribution in [1.82, 2.24) is 14.5 Å². The molecule has 2 aliphatic heterocycles. The zero-order chi connectivity index (χ0) is 29.0. The minimum Gasteiger partial charge on any atom is -0.400 e. The molecule has 2 aliphatic carbocycles. The lowest BCUT2D eigenvalue weighted by atomic mass is 9.69. The van der Waals surface area contributed by atoms with E-state index in [1.807, 2.05) is 26.0 Å². The van der Waals surface area contributed by atoms with Crippen LogP contribution in [-0.2, 0) is 5.41 Å². The fourth-order valence-electron chi connectivity index (χ4n) is 8.13. The molecule has 2 saturated carbocycles. The molecule has 0 amide bonds. The quantitative estimate of drug-likeness (QED) is 0.342. The number of likely N-dealkylation sites (tertiary alicyclic amines) is 1. The van der Waals surface area contributed by atoms with Gasteiger partial charge in [0.05, 0.1) is 27.0 Å². The summed E-state index contributed by atoms with van der Waals surface area (Å²) >= 11 is 6.51. The minimum absolute atomic E-state index is 0.152. The van der Waals surface area contributed by atoms with Gasteiger partial charge < -0.3 is 10.0 Å². The molecule has 41 heavy (non-hydrogen) atoms.